The van der Waals surface area contributed by atoms with E-state index in [1.165, 1.54) is 0 Å². The van der Waals surface area contributed by atoms with Crippen LogP contribution in [0.2, 0.25) is 5.02 Å². The smallest absolute Gasteiger partial charge is 0.492 e. The Morgan fingerprint density at radius 3 is 2.39 bits per heavy atom. The molecule has 1 saturated heterocycles. The van der Waals surface area contributed by atoms with Crippen LogP contribution in [-0.4, -0.2) is 36.1 Å². The maximum absolute atomic E-state index is 12.2. The minimum absolute atomic E-state index is 0.0288. The zero-order valence-corrected chi connectivity index (χ0v) is 18.9. The monoisotopic (exact) mass is 443 g/mol. The zero-order chi connectivity index (χ0) is 22.6. The Balaban J connectivity index is 1.73. The van der Waals surface area contributed by atoms with Crippen molar-refractivity contribution < 1.29 is 23.9 Å². The van der Waals surface area contributed by atoms with Crippen LogP contribution in [0.15, 0.2) is 54.0 Å². The number of alkyl carbamates (subject to hydrolysis) is 1. The highest BCUT2D eigenvalue weighted by molar-refractivity contribution is 6.56. The summed E-state index contributed by atoms with van der Waals surface area (Å²) in [6.45, 7) is 8.16. The molecule has 1 aliphatic heterocycles. The Morgan fingerprint density at radius 1 is 1.13 bits per heavy atom. The van der Waals surface area contributed by atoms with Crippen molar-refractivity contribution in [3.63, 3.8) is 0 Å². The van der Waals surface area contributed by atoms with E-state index in [1.807, 2.05) is 58.0 Å². The number of phenols is 1. The molecule has 0 aliphatic carbocycles. The number of hydrogen-bond donors (Lipinski definition) is 2. The standard InChI is InChI=1S/C23H27BClNO5/c1-22(2)23(3,4)31-24(30-22)18(12-17-10-11-19(25)20(27)13-17)14-26-21(28)29-15-16-8-6-5-7-9-16/h5-13,27H,14-15H2,1-4H3,(H,26,28). The van der Waals surface area contributed by atoms with Crippen molar-refractivity contribution in [2.45, 2.75) is 45.5 Å². The van der Waals surface area contributed by atoms with Crippen LogP contribution in [-0.2, 0) is 20.7 Å². The summed E-state index contributed by atoms with van der Waals surface area (Å²) in [6, 6.07) is 14.4. The number of hydrogen-bond acceptors (Lipinski definition) is 5. The molecule has 6 nitrogen and oxygen atoms in total. The lowest BCUT2D eigenvalue weighted by atomic mass is 9.77. The fraction of sp³-hybridized carbons (Fsp3) is 0.348. The first-order valence-corrected chi connectivity index (χ1v) is 10.4. The minimum Gasteiger partial charge on any atom is -0.506 e. The molecule has 1 fully saturated rings. The van der Waals surface area contributed by atoms with Gasteiger partial charge in [0, 0.05) is 6.54 Å². The van der Waals surface area contributed by atoms with Gasteiger partial charge in [-0.25, -0.2) is 4.79 Å². The van der Waals surface area contributed by atoms with Gasteiger partial charge in [-0.1, -0.05) is 54.1 Å². The van der Waals surface area contributed by atoms with E-state index in [1.54, 1.807) is 24.3 Å². The molecule has 0 aromatic heterocycles. The second-order valence-corrected chi connectivity index (χ2v) is 8.84. The maximum Gasteiger partial charge on any atom is 0.492 e. The number of amides is 1. The summed E-state index contributed by atoms with van der Waals surface area (Å²) in [5.41, 5.74) is 1.21. The summed E-state index contributed by atoms with van der Waals surface area (Å²) >= 11 is 5.91. The first kappa shape index (κ1) is 23.2. The predicted molar refractivity (Wildman–Crippen MR) is 122 cm³/mol. The van der Waals surface area contributed by atoms with Crippen LogP contribution in [0.3, 0.4) is 0 Å². The van der Waals surface area contributed by atoms with Gasteiger partial charge in [-0.2, -0.15) is 0 Å². The van der Waals surface area contributed by atoms with Gasteiger partial charge in [-0.3, -0.25) is 0 Å². The van der Waals surface area contributed by atoms with E-state index < -0.39 is 24.4 Å². The van der Waals surface area contributed by atoms with E-state index in [0.717, 1.165) is 5.56 Å². The van der Waals surface area contributed by atoms with E-state index in [2.05, 4.69) is 5.32 Å². The topological polar surface area (TPSA) is 77.0 Å². The Labute approximate surface area is 188 Å². The van der Waals surface area contributed by atoms with Crippen molar-refractivity contribution in [1.82, 2.24) is 5.32 Å². The second kappa shape index (κ2) is 9.34. The molecule has 1 heterocycles. The lowest BCUT2D eigenvalue weighted by Crippen LogP contribution is -2.41. The van der Waals surface area contributed by atoms with Crippen LogP contribution in [0.5, 0.6) is 5.75 Å². The Morgan fingerprint density at radius 2 is 1.77 bits per heavy atom. The van der Waals surface area contributed by atoms with Crippen LogP contribution in [0.1, 0.15) is 38.8 Å². The normalized spacial score (nSPS) is 17.5. The number of carbonyl (C=O) groups is 1. The average Bonchev–Trinajstić information content (AvgIpc) is 2.94. The van der Waals surface area contributed by atoms with Gasteiger partial charge in [0.25, 0.3) is 0 Å². The quantitative estimate of drug-likeness (QED) is 0.615. The summed E-state index contributed by atoms with van der Waals surface area (Å²) in [7, 11) is -0.669. The summed E-state index contributed by atoms with van der Waals surface area (Å²) in [5, 5.41) is 12.9. The van der Waals surface area contributed by atoms with E-state index >= 15 is 0 Å². The number of ether oxygens (including phenoxy) is 1. The molecule has 0 spiro atoms. The van der Waals surface area contributed by atoms with E-state index in [0.29, 0.717) is 11.0 Å². The maximum atomic E-state index is 12.2. The third kappa shape index (κ3) is 5.82. The molecule has 0 atom stereocenters. The Kier molecular flexibility index (Phi) is 6.99. The number of carbonyl (C=O) groups excluding carboxylic acids is 1. The fourth-order valence-corrected chi connectivity index (χ4v) is 3.10. The van der Waals surface area contributed by atoms with Crippen molar-refractivity contribution in [1.29, 1.82) is 0 Å². The molecule has 0 unspecified atom stereocenters. The number of phenolic OH excluding ortho intramolecular Hbond substituents is 1. The minimum atomic E-state index is -0.669. The molecular formula is C23H27BClNO5. The second-order valence-electron chi connectivity index (χ2n) is 8.43. The Bertz CT molecular complexity index is 946. The van der Waals surface area contributed by atoms with Crippen molar-refractivity contribution in [2.75, 3.05) is 6.54 Å². The lowest BCUT2D eigenvalue weighted by Gasteiger charge is -2.32. The summed E-state index contributed by atoms with van der Waals surface area (Å²) in [5.74, 6) is -0.0288. The molecule has 2 aromatic rings. The van der Waals surface area contributed by atoms with Gasteiger partial charge in [0.15, 0.2) is 0 Å². The SMILES string of the molecule is CC1(C)OB(C(=Cc2ccc(Cl)c(O)c2)CNC(=O)OCc2ccccc2)OC1(C)C. The average molecular weight is 444 g/mol. The first-order chi connectivity index (χ1) is 14.6. The highest BCUT2D eigenvalue weighted by Crippen LogP contribution is 2.39. The van der Waals surface area contributed by atoms with E-state index in [-0.39, 0.29) is 23.9 Å². The number of benzene rings is 2. The van der Waals surface area contributed by atoms with Gasteiger partial charge >= 0.3 is 13.2 Å². The molecule has 8 heteroatoms. The largest absolute Gasteiger partial charge is 0.506 e. The Hall–Kier alpha value is -2.48. The summed E-state index contributed by atoms with van der Waals surface area (Å²) < 4.78 is 17.6. The highest BCUT2D eigenvalue weighted by atomic mass is 35.5. The zero-order valence-electron chi connectivity index (χ0n) is 18.1. The van der Waals surface area contributed by atoms with Gasteiger partial charge in [-0.15, -0.1) is 0 Å². The molecule has 0 saturated carbocycles. The number of halogens is 1. The van der Waals surface area contributed by atoms with Gasteiger partial charge in [-0.05, 0) is 56.4 Å². The van der Waals surface area contributed by atoms with Gasteiger partial charge in [0.05, 0.1) is 16.2 Å². The molecule has 164 valence electrons. The van der Waals surface area contributed by atoms with Crippen molar-refractivity contribution in [3.8, 4) is 5.75 Å². The predicted octanol–water partition coefficient (Wildman–Crippen LogP) is 4.99. The molecule has 1 aliphatic rings. The van der Waals surface area contributed by atoms with Gasteiger partial charge < -0.3 is 24.5 Å². The third-order valence-corrected chi connectivity index (χ3v) is 5.85. The van der Waals surface area contributed by atoms with Crippen molar-refractivity contribution in [3.05, 3.63) is 70.2 Å². The number of aromatic hydroxyl groups is 1. The molecule has 0 radical (unpaired) electrons. The molecule has 0 bridgehead atoms. The molecule has 2 aromatic carbocycles. The highest BCUT2D eigenvalue weighted by Gasteiger charge is 2.52. The molecule has 2 N–H and O–H groups in total. The van der Waals surface area contributed by atoms with Gasteiger partial charge in [0.2, 0.25) is 0 Å². The molecule has 1 amide bonds. The van der Waals surface area contributed by atoms with Crippen molar-refractivity contribution >= 4 is 30.9 Å². The van der Waals surface area contributed by atoms with Crippen LogP contribution < -0.4 is 5.32 Å². The number of nitrogens with one attached hydrogen (secondary N) is 1. The van der Waals surface area contributed by atoms with E-state index in [4.69, 9.17) is 25.6 Å². The summed E-state index contributed by atoms with van der Waals surface area (Å²) in [6.07, 6.45) is 1.25. The molecule has 31 heavy (non-hydrogen) atoms. The first-order valence-electron chi connectivity index (χ1n) is 10.1. The number of rotatable bonds is 6. The summed E-state index contributed by atoms with van der Waals surface area (Å²) in [4.78, 5) is 12.2. The van der Waals surface area contributed by atoms with Crippen molar-refractivity contribution in [2.24, 2.45) is 0 Å². The van der Waals surface area contributed by atoms with Crippen LogP contribution in [0.25, 0.3) is 6.08 Å². The third-order valence-electron chi connectivity index (χ3n) is 5.53. The van der Waals surface area contributed by atoms with Crippen LogP contribution in [0.4, 0.5) is 4.79 Å². The fourth-order valence-electron chi connectivity index (χ4n) is 2.98. The van der Waals surface area contributed by atoms with E-state index in [9.17, 15) is 9.90 Å². The van der Waals surface area contributed by atoms with Crippen LogP contribution >= 0.6 is 11.6 Å². The molecular weight excluding hydrogens is 417 g/mol. The lowest BCUT2D eigenvalue weighted by molar-refractivity contribution is 0.00578. The molecule has 3 rings (SSSR count). The van der Waals surface area contributed by atoms with Crippen LogP contribution in [0, 0.1) is 0 Å². The van der Waals surface area contributed by atoms with Gasteiger partial charge in [0.1, 0.15) is 12.4 Å².